The van der Waals surface area contributed by atoms with Gasteiger partial charge in [0.05, 0.1) is 10.6 Å². The maximum Gasteiger partial charge on any atom is 0.420 e. The Morgan fingerprint density at radius 2 is 2.00 bits per heavy atom. The molecule has 2 aromatic heterocycles. The molecule has 0 fully saturated rings. The second kappa shape index (κ2) is 9.36. The summed E-state index contributed by atoms with van der Waals surface area (Å²) in [4.78, 5) is 12.8. The molecule has 1 unspecified atom stereocenters. The molecule has 172 valence electrons. The second-order valence-electron chi connectivity index (χ2n) is 7.77. The number of benzene rings is 1. The van der Waals surface area contributed by atoms with Gasteiger partial charge in [0.15, 0.2) is 0 Å². The molecule has 0 aliphatic heterocycles. The molecular weight excluding hydrogens is 447 g/mol. The Morgan fingerprint density at radius 3 is 2.56 bits per heavy atom. The Kier molecular flexibility index (Phi) is 6.97. The van der Waals surface area contributed by atoms with E-state index in [-0.39, 0.29) is 22.1 Å². The van der Waals surface area contributed by atoms with Crippen molar-refractivity contribution < 1.29 is 26.8 Å². The highest BCUT2D eigenvalue weighted by atomic mass is 35.5. The van der Waals surface area contributed by atoms with Crippen molar-refractivity contribution in [2.45, 2.75) is 58.2 Å². The number of aryl methyl sites for hydroxylation is 2. The number of alkyl halides is 3. The zero-order chi connectivity index (χ0) is 23.6. The molecule has 0 bridgehead atoms. The van der Waals surface area contributed by atoms with Gasteiger partial charge in [-0.3, -0.25) is 4.79 Å². The lowest BCUT2D eigenvalue weighted by Gasteiger charge is -2.13. The maximum atomic E-state index is 13.6. The fourth-order valence-corrected chi connectivity index (χ4v) is 3.54. The van der Waals surface area contributed by atoms with Crippen LogP contribution in [0, 0.1) is 6.92 Å². The molecule has 2 heterocycles. The van der Waals surface area contributed by atoms with Gasteiger partial charge in [-0.1, -0.05) is 31.5 Å². The van der Waals surface area contributed by atoms with E-state index in [9.17, 15) is 18.0 Å². The van der Waals surface area contributed by atoms with Gasteiger partial charge in [0.1, 0.15) is 5.58 Å². The minimum Gasteiger partial charge on any atom is -0.449 e. The number of nitrogens with one attached hydrogen (secondary N) is 1. The van der Waals surface area contributed by atoms with E-state index in [1.807, 2.05) is 0 Å². The number of carbonyl (C=O) groups excluding carboxylic acids is 1. The summed E-state index contributed by atoms with van der Waals surface area (Å²) in [7, 11) is 0. The van der Waals surface area contributed by atoms with Gasteiger partial charge < -0.3 is 14.2 Å². The molecule has 1 aromatic carbocycles. The van der Waals surface area contributed by atoms with E-state index in [0.29, 0.717) is 36.6 Å². The van der Waals surface area contributed by atoms with Gasteiger partial charge in [-0.05, 0) is 36.5 Å². The summed E-state index contributed by atoms with van der Waals surface area (Å²) in [5.41, 5.74) is -0.978. The van der Waals surface area contributed by atoms with Crippen molar-refractivity contribution in [3.8, 4) is 0 Å². The van der Waals surface area contributed by atoms with Crippen LogP contribution in [0.25, 0.3) is 11.0 Å². The van der Waals surface area contributed by atoms with Gasteiger partial charge in [0.25, 0.3) is 5.91 Å². The third-order valence-electron chi connectivity index (χ3n) is 5.00. The molecule has 32 heavy (non-hydrogen) atoms. The summed E-state index contributed by atoms with van der Waals surface area (Å²) in [5.74, 6) is -0.308. The Labute approximate surface area is 187 Å². The molecule has 3 rings (SSSR count). The molecule has 6 nitrogen and oxygen atoms in total. The molecule has 1 N–H and O–H groups in total. The number of halogens is 4. The zero-order valence-corrected chi connectivity index (χ0v) is 18.6. The summed E-state index contributed by atoms with van der Waals surface area (Å²) < 4.78 is 51.5. The van der Waals surface area contributed by atoms with Crippen molar-refractivity contribution in [2.75, 3.05) is 0 Å². The smallest absolute Gasteiger partial charge is 0.420 e. The Balaban J connectivity index is 1.82. The van der Waals surface area contributed by atoms with Gasteiger partial charge in [0.2, 0.25) is 17.5 Å². The first-order valence-corrected chi connectivity index (χ1v) is 10.4. The number of hydrogen-bond donors (Lipinski definition) is 1. The molecule has 0 saturated carbocycles. The van der Waals surface area contributed by atoms with E-state index < -0.39 is 29.3 Å². The lowest BCUT2D eigenvalue weighted by molar-refractivity contribution is -0.136. The van der Waals surface area contributed by atoms with Gasteiger partial charge in [-0.2, -0.15) is 13.2 Å². The Morgan fingerprint density at radius 1 is 1.28 bits per heavy atom. The Bertz CT molecular complexity index is 1130. The average molecular weight is 470 g/mol. The number of aromatic nitrogens is 2. The van der Waals surface area contributed by atoms with E-state index in [1.54, 1.807) is 20.8 Å². The van der Waals surface area contributed by atoms with Crippen LogP contribution in [0.4, 0.5) is 13.2 Å². The van der Waals surface area contributed by atoms with Crippen LogP contribution in [0.5, 0.6) is 0 Å². The first-order valence-electron chi connectivity index (χ1n) is 10.1. The molecule has 3 aromatic rings. The number of carbonyl (C=O) groups is 1. The highest BCUT2D eigenvalue weighted by molar-refractivity contribution is 6.38. The minimum absolute atomic E-state index is 0.0530. The van der Waals surface area contributed by atoms with Crippen LogP contribution in [-0.2, 0) is 12.6 Å². The molecule has 0 saturated heterocycles. The first kappa shape index (κ1) is 23.8. The highest BCUT2D eigenvalue weighted by Crippen LogP contribution is 2.41. The summed E-state index contributed by atoms with van der Waals surface area (Å²) >= 11 is 6.29. The molecule has 1 atom stereocenters. The molecule has 0 radical (unpaired) electrons. The van der Waals surface area contributed by atoms with Crippen molar-refractivity contribution in [3.63, 3.8) is 0 Å². The topological polar surface area (TPSA) is 81.2 Å². The van der Waals surface area contributed by atoms with E-state index in [2.05, 4.69) is 22.1 Å². The van der Waals surface area contributed by atoms with Crippen LogP contribution in [0.1, 0.15) is 66.1 Å². The normalized spacial score (nSPS) is 13.0. The van der Waals surface area contributed by atoms with E-state index >= 15 is 0 Å². The Hall–Kier alpha value is -2.81. The van der Waals surface area contributed by atoms with Crippen LogP contribution in [-0.4, -0.2) is 22.1 Å². The van der Waals surface area contributed by atoms with Crippen molar-refractivity contribution in [1.82, 2.24) is 15.5 Å². The molecule has 0 aliphatic carbocycles. The quantitative estimate of drug-likeness (QED) is 0.396. The van der Waals surface area contributed by atoms with Crippen LogP contribution in [0.15, 0.2) is 33.6 Å². The number of amides is 1. The fraction of sp³-hybridized carbons (Fsp3) is 0.409. The summed E-state index contributed by atoms with van der Waals surface area (Å²) in [6.07, 6.45) is -1.50. The summed E-state index contributed by atoms with van der Waals surface area (Å²) in [5, 5.41) is 10.2. The molecular formula is C22H23ClF3N3O3. The monoisotopic (exact) mass is 469 g/mol. The van der Waals surface area contributed by atoms with Gasteiger partial charge in [0, 0.05) is 24.8 Å². The van der Waals surface area contributed by atoms with Crippen LogP contribution >= 0.6 is 11.6 Å². The third kappa shape index (κ3) is 5.15. The lowest BCUT2D eigenvalue weighted by Crippen LogP contribution is -2.33. The SMILES string of the molecule is C=CC(CCCc1nnc(C)o1)NC(=O)c1oc2c(C(F)(F)F)cc(C(C)C)cc2c1Cl. The molecule has 0 spiro atoms. The first-order chi connectivity index (χ1) is 15.0. The molecule has 0 aliphatic rings. The van der Waals surface area contributed by atoms with Crippen molar-refractivity contribution in [1.29, 1.82) is 0 Å². The van der Waals surface area contributed by atoms with E-state index in [1.165, 1.54) is 12.1 Å². The number of furan rings is 1. The van der Waals surface area contributed by atoms with E-state index in [4.69, 9.17) is 20.4 Å². The van der Waals surface area contributed by atoms with Crippen molar-refractivity contribution >= 4 is 28.5 Å². The zero-order valence-electron chi connectivity index (χ0n) is 17.8. The standard InChI is InChI=1S/C22H23ClF3N3O3/c1-5-14(7-6-8-17-29-28-12(4)31-17)27-21(30)20-18(23)15-9-13(11(2)3)10-16(19(15)32-20)22(24,25)26/h5,9-11,14H,1,6-8H2,2-4H3,(H,27,30). The predicted octanol–water partition coefficient (Wildman–Crippen LogP) is 6.23. The summed E-state index contributed by atoms with van der Waals surface area (Å²) in [6.45, 7) is 8.93. The molecule has 1 amide bonds. The van der Waals surface area contributed by atoms with Crippen LogP contribution in [0.3, 0.4) is 0 Å². The lowest BCUT2D eigenvalue weighted by atomic mass is 9.98. The van der Waals surface area contributed by atoms with Gasteiger partial charge in [-0.25, -0.2) is 0 Å². The fourth-order valence-electron chi connectivity index (χ4n) is 3.28. The third-order valence-corrected chi connectivity index (χ3v) is 5.38. The predicted molar refractivity (Wildman–Crippen MR) is 114 cm³/mol. The highest BCUT2D eigenvalue weighted by Gasteiger charge is 2.36. The summed E-state index contributed by atoms with van der Waals surface area (Å²) in [6, 6.07) is 2.10. The number of hydrogen-bond acceptors (Lipinski definition) is 5. The van der Waals surface area contributed by atoms with Crippen LogP contribution in [0.2, 0.25) is 5.02 Å². The molecule has 10 heteroatoms. The van der Waals surface area contributed by atoms with Gasteiger partial charge >= 0.3 is 6.18 Å². The minimum atomic E-state index is -4.66. The average Bonchev–Trinajstić information content (AvgIpc) is 3.28. The van der Waals surface area contributed by atoms with Crippen LogP contribution < -0.4 is 5.32 Å². The second-order valence-corrected chi connectivity index (χ2v) is 8.14. The van der Waals surface area contributed by atoms with Gasteiger partial charge in [-0.15, -0.1) is 16.8 Å². The number of rotatable bonds is 8. The number of fused-ring (bicyclic) bond motifs is 1. The van der Waals surface area contributed by atoms with Crippen molar-refractivity contribution in [2.24, 2.45) is 0 Å². The largest absolute Gasteiger partial charge is 0.449 e. The van der Waals surface area contributed by atoms with Crippen molar-refractivity contribution in [3.05, 3.63) is 58.5 Å². The number of nitrogens with zero attached hydrogens (tertiary/aromatic N) is 2. The van der Waals surface area contributed by atoms with E-state index in [0.717, 1.165) is 6.07 Å². The maximum absolute atomic E-state index is 13.6.